The number of carbonyl (C=O) groups excluding carboxylic acids is 2. The fourth-order valence-corrected chi connectivity index (χ4v) is 4.30. The molecule has 0 spiro atoms. The van der Waals surface area contributed by atoms with Gasteiger partial charge in [0.15, 0.2) is 0 Å². The van der Waals surface area contributed by atoms with Crippen LogP contribution in [-0.2, 0) is 16.1 Å². The number of nitrogens with zero attached hydrogens (tertiary/aromatic N) is 5. The van der Waals surface area contributed by atoms with Gasteiger partial charge in [0.05, 0.1) is 5.69 Å². The molecule has 34 heavy (non-hydrogen) atoms. The first-order valence-electron chi connectivity index (χ1n) is 11.7. The monoisotopic (exact) mass is 464 g/mol. The summed E-state index contributed by atoms with van der Waals surface area (Å²) >= 11 is 0. The van der Waals surface area contributed by atoms with Gasteiger partial charge in [-0.25, -0.2) is 4.39 Å². The summed E-state index contributed by atoms with van der Waals surface area (Å²) in [7, 11) is 0. The van der Waals surface area contributed by atoms with Crippen LogP contribution < -0.4 is 10.2 Å². The highest BCUT2D eigenvalue weighted by Crippen LogP contribution is 2.25. The van der Waals surface area contributed by atoms with E-state index in [2.05, 4.69) is 20.7 Å². The molecule has 0 aliphatic heterocycles. The van der Waals surface area contributed by atoms with E-state index in [1.165, 1.54) is 21.8 Å². The summed E-state index contributed by atoms with van der Waals surface area (Å²) in [5.74, 6) is -0.963. The van der Waals surface area contributed by atoms with Gasteiger partial charge >= 0.3 is 0 Å². The maximum Gasteiger partial charge on any atom is 0.251 e. The van der Waals surface area contributed by atoms with Crippen LogP contribution in [0.3, 0.4) is 0 Å². The van der Waals surface area contributed by atoms with Crippen LogP contribution in [0.15, 0.2) is 48.5 Å². The summed E-state index contributed by atoms with van der Waals surface area (Å²) < 4.78 is 14.8. The lowest BCUT2D eigenvalue weighted by Crippen LogP contribution is -2.52. The molecule has 1 aromatic heterocycles. The standard InChI is InChI=1S/C25H29FN6O2/c1-3-21(25(34)27-19-8-4-5-9-19)32(22-11-7-6-10-20(22)26)23(33)16-31-29-24(28-30-31)18-14-12-17(2)13-15-18/h6-7,10-15,19,21H,3-5,8-9,16H2,1-2H3,(H,27,34)/t21-/m1/s1. The van der Waals surface area contributed by atoms with Crippen LogP contribution in [0.1, 0.15) is 44.6 Å². The second-order valence-electron chi connectivity index (χ2n) is 8.64. The Morgan fingerprint density at radius 2 is 1.85 bits per heavy atom. The smallest absolute Gasteiger partial charge is 0.251 e. The number of rotatable bonds is 8. The van der Waals surface area contributed by atoms with E-state index in [0.717, 1.165) is 36.8 Å². The quantitative estimate of drug-likeness (QED) is 0.549. The summed E-state index contributed by atoms with van der Waals surface area (Å²) in [4.78, 5) is 29.0. The molecule has 1 heterocycles. The maximum atomic E-state index is 14.8. The average molecular weight is 465 g/mol. The minimum atomic E-state index is -0.856. The number of halogens is 1. The highest BCUT2D eigenvalue weighted by atomic mass is 19.1. The van der Waals surface area contributed by atoms with Gasteiger partial charge in [0, 0.05) is 11.6 Å². The summed E-state index contributed by atoms with van der Waals surface area (Å²) in [5.41, 5.74) is 1.94. The zero-order chi connectivity index (χ0) is 24.1. The molecular formula is C25H29FN6O2. The number of hydrogen-bond acceptors (Lipinski definition) is 5. The van der Waals surface area contributed by atoms with E-state index in [9.17, 15) is 14.0 Å². The molecule has 8 nitrogen and oxygen atoms in total. The Kier molecular flexibility index (Phi) is 7.30. The summed E-state index contributed by atoms with van der Waals surface area (Å²) in [5, 5.41) is 15.4. The van der Waals surface area contributed by atoms with E-state index >= 15 is 0 Å². The van der Waals surface area contributed by atoms with Crippen LogP contribution in [0.4, 0.5) is 10.1 Å². The van der Waals surface area contributed by atoms with Crippen molar-refractivity contribution in [3.05, 3.63) is 59.9 Å². The molecule has 1 atom stereocenters. The van der Waals surface area contributed by atoms with Crippen LogP contribution >= 0.6 is 0 Å². The Bertz CT molecular complexity index is 1140. The summed E-state index contributed by atoms with van der Waals surface area (Å²) in [6.45, 7) is 3.51. The Balaban J connectivity index is 1.58. The largest absolute Gasteiger partial charge is 0.352 e. The van der Waals surface area contributed by atoms with Crippen molar-refractivity contribution in [3.8, 4) is 11.4 Å². The topological polar surface area (TPSA) is 93.0 Å². The molecule has 9 heteroatoms. The van der Waals surface area contributed by atoms with E-state index in [-0.39, 0.29) is 24.2 Å². The van der Waals surface area contributed by atoms with Gasteiger partial charge in [-0.1, -0.05) is 61.7 Å². The van der Waals surface area contributed by atoms with Gasteiger partial charge < -0.3 is 5.32 Å². The number of aromatic nitrogens is 4. The molecule has 3 aromatic rings. The number of carbonyl (C=O) groups is 2. The Morgan fingerprint density at radius 1 is 1.15 bits per heavy atom. The minimum absolute atomic E-state index is 0.0554. The van der Waals surface area contributed by atoms with Crippen molar-refractivity contribution in [2.24, 2.45) is 0 Å². The molecule has 0 saturated heterocycles. The molecule has 1 fully saturated rings. The molecule has 0 radical (unpaired) electrons. The van der Waals surface area contributed by atoms with E-state index < -0.39 is 17.8 Å². The number of benzene rings is 2. The van der Waals surface area contributed by atoms with Crippen molar-refractivity contribution in [1.82, 2.24) is 25.5 Å². The summed E-state index contributed by atoms with van der Waals surface area (Å²) in [6.07, 6.45) is 4.30. The third kappa shape index (κ3) is 5.30. The van der Waals surface area contributed by atoms with Gasteiger partial charge in [-0.2, -0.15) is 4.80 Å². The molecular weight excluding hydrogens is 435 g/mol. The van der Waals surface area contributed by atoms with Crippen molar-refractivity contribution < 1.29 is 14.0 Å². The number of nitrogens with one attached hydrogen (secondary N) is 1. The van der Waals surface area contributed by atoms with Gasteiger partial charge in [0.25, 0.3) is 5.91 Å². The van der Waals surface area contributed by atoms with Crippen LogP contribution in [0.2, 0.25) is 0 Å². The Morgan fingerprint density at radius 3 is 2.53 bits per heavy atom. The SMILES string of the molecule is CC[C@H](C(=O)NC1CCCC1)N(C(=O)Cn1nnc(-c2ccc(C)cc2)n1)c1ccccc1F. The normalized spacial score (nSPS) is 14.7. The number of para-hydroxylation sites is 1. The lowest BCUT2D eigenvalue weighted by molar-refractivity contribution is -0.127. The molecule has 0 bridgehead atoms. The fraction of sp³-hybridized carbons (Fsp3) is 0.400. The van der Waals surface area contributed by atoms with Crippen molar-refractivity contribution in [3.63, 3.8) is 0 Å². The first-order valence-corrected chi connectivity index (χ1v) is 11.7. The second kappa shape index (κ2) is 10.5. The maximum absolute atomic E-state index is 14.8. The number of hydrogen-bond donors (Lipinski definition) is 1. The van der Waals surface area contributed by atoms with Crippen molar-refractivity contribution in [1.29, 1.82) is 0 Å². The first kappa shape index (κ1) is 23.5. The third-order valence-electron chi connectivity index (χ3n) is 6.12. The highest BCUT2D eigenvalue weighted by molar-refractivity contribution is 6.00. The van der Waals surface area contributed by atoms with Gasteiger partial charge in [0.1, 0.15) is 18.4 Å². The second-order valence-corrected chi connectivity index (χ2v) is 8.64. The number of amides is 2. The molecule has 1 saturated carbocycles. The molecule has 2 aromatic carbocycles. The Hall–Kier alpha value is -3.62. The molecule has 1 aliphatic carbocycles. The van der Waals surface area contributed by atoms with E-state index in [1.807, 2.05) is 38.1 Å². The van der Waals surface area contributed by atoms with Gasteiger partial charge in [-0.15, -0.1) is 10.2 Å². The fourth-order valence-electron chi connectivity index (χ4n) is 4.30. The van der Waals surface area contributed by atoms with E-state index in [0.29, 0.717) is 12.2 Å². The lowest BCUT2D eigenvalue weighted by atomic mass is 10.1. The van der Waals surface area contributed by atoms with Crippen LogP contribution in [0.25, 0.3) is 11.4 Å². The molecule has 4 rings (SSSR count). The lowest BCUT2D eigenvalue weighted by Gasteiger charge is -2.31. The van der Waals surface area contributed by atoms with E-state index in [1.54, 1.807) is 12.1 Å². The van der Waals surface area contributed by atoms with Gasteiger partial charge in [-0.05, 0) is 43.5 Å². The predicted octanol–water partition coefficient (Wildman–Crippen LogP) is 3.66. The van der Waals surface area contributed by atoms with Crippen LogP contribution in [0.5, 0.6) is 0 Å². The number of aryl methyl sites for hydroxylation is 1. The molecule has 0 unspecified atom stereocenters. The van der Waals surface area contributed by atoms with Crippen LogP contribution in [-0.4, -0.2) is 44.1 Å². The predicted molar refractivity (Wildman–Crippen MR) is 126 cm³/mol. The number of anilines is 1. The molecule has 2 amide bonds. The molecule has 1 aliphatic rings. The van der Waals surface area contributed by atoms with Gasteiger partial charge in [0.2, 0.25) is 11.7 Å². The van der Waals surface area contributed by atoms with Crippen molar-refractivity contribution in [2.75, 3.05) is 4.90 Å². The average Bonchev–Trinajstić information content (AvgIpc) is 3.51. The minimum Gasteiger partial charge on any atom is -0.352 e. The van der Waals surface area contributed by atoms with E-state index in [4.69, 9.17) is 0 Å². The third-order valence-corrected chi connectivity index (χ3v) is 6.12. The zero-order valence-corrected chi connectivity index (χ0v) is 19.4. The highest BCUT2D eigenvalue weighted by Gasteiger charge is 2.33. The first-order chi connectivity index (χ1) is 16.5. The van der Waals surface area contributed by atoms with Gasteiger partial charge in [-0.3, -0.25) is 14.5 Å². The van der Waals surface area contributed by atoms with Crippen molar-refractivity contribution >= 4 is 17.5 Å². The molecule has 178 valence electrons. The summed E-state index contributed by atoms with van der Waals surface area (Å²) in [6, 6.07) is 12.8. The zero-order valence-electron chi connectivity index (χ0n) is 19.4. The van der Waals surface area contributed by atoms with Crippen molar-refractivity contribution in [2.45, 2.75) is 64.6 Å². The molecule has 1 N–H and O–H groups in total. The van der Waals surface area contributed by atoms with Crippen LogP contribution in [0, 0.1) is 12.7 Å². The Labute approximate surface area is 198 Å². The number of tetrazole rings is 1.